The highest BCUT2D eigenvalue weighted by molar-refractivity contribution is 14.0. The number of hydrogen-bond acceptors (Lipinski definition) is 3. The first-order chi connectivity index (χ1) is 9.68. The smallest absolute Gasteiger partial charge is 0.188 e. The van der Waals surface area contributed by atoms with Crippen molar-refractivity contribution in [3.8, 4) is 0 Å². The van der Waals surface area contributed by atoms with Crippen LogP contribution in [0, 0.1) is 11.8 Å². The summed E-state index contributed by atoms with van der Waals surface area (Å²) >= 11 is 0. The largest absolute Gasteiger partial charge is 0.381 e. The number of rotatable bonds is 9. The average molecular weight is 413 g/mol. The molecule has 0 unspecified atom stereocenters. The van der Waals surface area contributed by atoms with Gasteiger partial charge in [-0.2, -0.15) is 0 Å². The molecule has 0 aromatic heterocycles. The summed E-state index contributed by atoms with van der Waals surface area (Å²) in [5.41, 5.74) is 5.78. The van der Waals surface area contributed by atoms with Crippen LogP contribution in [-0.4, -0.2) is 45.5 Å². The highest BCUT2D eigenvalue weighted by atomic mass is 127. The summed E-state index contributed by atoms with van der Waals surface area (Å²) in [6.45, 7) is 9.42. The van der Waals surface area contributed by atoms with E-state index in [1.807, 2.05) is 0 Å². The van der Waals surface area contributed by atoms with Crippen LogP contribution in [-0.2, 0) is 9.47 Å². The van der Waals surface area contributed by atoms with Gasteiger partial charge < -0.3 is 20.5 Å². The Balaban J connectivity index is 0.00000400. The van der Waals surface area contributed by atoms with E-state index in [0.29, 0.717) is 17.8 Å². The van der Waals surface area contributed by atoms with Crippen molar-refractivity contribution in [1.82, 2.24) is 5.32 Å². The number of ether oxygens (including phenoxy) is 2. The third-order valence-corrected chi connectivity index (χ3v) is 3.45. The van der Waals surface area contributed by atoms with E-state index in [4.69, 9.17) is 15.2 Å². The van der Waals surface area contributed by atoms with Crippen LogP contribution in [0.5, 0.6) is 0 Å². The molecule has 0 bridgehead atoms. The van der Waals surface area contributed by atoms with Gasteiger partial charge >= 0.3 is 0 Å². The topological polar surface area (TPSA) is 68.9 Å². The number of guanidine groups is 1. The number of hydrogen-bond donors (Lipinski definition) is 2. The predicted molar refractivity (Wildman–Crippen MR) is 98.3 cm³/mol. The molecule has 0 amide bonds. The van der Waals surface area contributed by atoms with Crippen molar-refractivity contribution in [2.75, 3.05) is 39.5 Å². The van der Waals surface area contributed by atoms with E-state index in [1.54, 1.807) is 0 Å². The van der Waals surface area contributed by atoms with Gasteiger partial charge in [-0.15, -0.1) is 24.0 Å². The molecule has 6 heteroatoms. The molecule has 0 radical (unpaired) electrons. The second-order valence-corrected chi connectivity index (χ2v) is 5.86. The van der Waals surface area contributed by atoms with Crippen molar-refractivity contribution in [2.45, 2.75) is 39.5 Å². The Hall–Kier alpha value is -0.0800. The van der Waals surface area contributed by atoms with Crippen LogP contribution in [0.4, 0.5) is 0 Å². The van der Waals surface area contributed by atoms with Gasteiger partial charge in [-0.1, -0.05) is 13.8 Å². The second kappa shape index (κ2) is 13.6. The first-order valence-corrected chi connectivity index (χ1v) is 7.87. The fourth-order valence-electron chi connectivity index (χ4n) is 2.07. The summed E-state index contributed by atoms with van der Waals surface area (Å²) in [5.74, 6) is 1.92. The minimum Gasteiger partial charge on any atom is -0.381 e. The Kier molecular flexibility index (Phi) is 13.5. The molecule has 0 saturated carbocycles. The molecule has 126 valence electrons. The lowest BCUT2D eigenvalue weighted by Gasteiger charge is -2.21. The van der Waals surface area contributed by atoms with E-state index in [1.165, 1.54) is 0 Å². The van der Waals surface area contributed by atoms with E-state index < -0.39 is 0 Å². The first kappa shape index (κ1) is 20.9. The molecule has 0 aliphatic carbocycles. The summed E-state index contributed by atoms with van der Waals surface area (Å²) in [5, 5.41) is 3.13. The second-order valence-electron chi connectivity index (χ2n) is 5.86. The monoisotopic (exact) mass is 413 g/mol. The van der Waals surface area contributed by atoms with Crippen LogP contribution in [0.25, 0.3) is 0 Å². The van der Waals surface area contributed by atoms with Crippen molar-refractivity contribution in [3.05, 3.63) is 0 Å². The lowest BCUT2D eigenvalue weighted by molar-refractivity contribution is 0.0205. The summed E-state index contributed by atoms with van der Waals surface area (Å²) in [6, 6.07) is 0. The molecule has 1 rings (SSSR count). The summed E-state index contributed by atoms with van der Waals surface area (Å²) in [6.07, 6.45) is 4.30. The van der Waals surface area contributed by atoms with Crippen molar-refractivity contribution in [2.24, 2.45) is 22.6 Å². The van der Waals surface area contributed by atoms with Crippen molar-refractivity contribution in [3.63, 3.8) is 0 Å². The van der Waals surface area contributed by atoms with Gasteiger partial charge in [0, 0.05) is 39.5 Å². The van der Waals surface area contributed by atoms with Crippen LogP contribution < -0.4 is 11.1 Å². The van der Waals surface area contributed by atoms with Gasteiger partial charge in [0.25, 0.3) is 0 Å². The molecule has 1 heterocycles. The number of halogens is 1. The molecular formula is C15H32IN3O2. The molecule has 1 fully saturated rings. The molecule has 1 saturated heterocycles. The Morgan fingerprint density at radius 1 is 1.38 bits per heavy atom. The molecule has 0 aromatic rings. The molecule has 3 N–H and O–H groups in total. The van der Waals surface area contributed by atoms with Crippen LogP contribution in [0.1, 0.15) is 39.5 Å². The number of nitrogens with zero attached hydrogens (tertiary/aromatic N) is 1. The van der Waals surface area contributed by atoms with Crippen molar-refractivity contribution >= 4 is 29.9 Å². The Morgan fingerprint density at radius 3 is 2.76 bits per heavy atom. The molecule has 5 nitrogen and oxygen atoms in total. The fourth-order valence-corrected chi connectivity index (χ4v) is 2.07. The van der Waals surface area contributed by atoms with E-state index in [9.17, 15) is 0 Å². The summed E-state index contributed by atoms with van der Waals surface area (Å²) in [7, 11) is 0. The van der Waals surface area contributed by atoms with E-state index in [-0.39, 0.29) is 24.0 Å². The van der Waals surface area contributed by atoms with E-state index in [0.717, 1.165) is 65.2 Å². The number of nitrogens with two attached hydrogens (primary N) is 1. The van der Waals surface area contributed by atoms with Crippen molar-refractivity contribution < 1.29 is 9.47 Å². The van der Waals surface area contributed by atoms with Crippen LogP contribution >= 0.6 is 24.0 Å². The molecule has 0 aromatic carbocycles. The molecule has 1 aliphatic heterocycles. The van der Waals surface area contributed by atoms with Gasteiger partial charge in [0.05, 0.1) is 0 Å². The number of aliphatic imine (C=N–C) groups is 1. The quantitative estimate of drug-likeness (QED) is 0.264. The third-order valence-electron chi connectivity index (χ3n) is 3.45. The van der Waals surface area contributed by atoms with Gasteiger partial charge in [-0.25, -0.2) is 0 Å². The zero-order chi connectivity index (χ0) is 14.6. The van der Waals surface area contributed by atoms with Crippen LogP contribution in [0.2, 0.25) is 0 Å². The Morgan fingerprint density at radius 2 is 2.10 bits per heavy atom. The Bertz CT molecular complexity index is 270. The lowest BCUT2D eigenvalue weighted by Crippen LogP contribution is -2.33. The zero-order valence-electron chi connectivity index (χ0n) is 13.5. The van der Waals surface area contributed by atoms with Crippen molar-refractivity contribution in [1.29, 1.82) is 0 Å². The normalized spacial score (nSPS) is 16.8. The standard InChI is InChI=1S/C15H31N3O2.HI/c1-13(2)4-8-18-15(16)17-7-3-9-20-12-14-5-10-19-11-6-14;/h13-14H,3-12H2,1-2H3,(H3,16,17,18);1H. The minimum absolute atomic E-state index is 0. The molecule has 0 spiro atoms. The highest BCUT2D eigenvalue weighted by Gasteiger charge is 2.13. The maximum Gasteiger partial charge on any atom is 0.188 e. The summed E-state index contributed by atoms with van der Waals surface area (Å²) in [4.78, 5) is 4.29. The Labute approximate surface area is 146 Å². The molecule has 1 aliphatic rings. The van der Waals surface area contributed by atoms with E-state index in [2.05, 4.69) is 24.2 Å². The summed E-state index contributed by atoms with van der Waals surface area (Å²) < 4.78 is 11.0. The molecule has 21 heavy (non-hydrogen) atoms. The fraction of sp³-hybridized carbons (Fsp3) is 0.933. The van der Waals surface area contributed by atoms with Gasteiger partial charge in [-0.05, 0) is 37.5 Å². The molecule has 0 atom stereocenters. The minimum atomic E-state index is 0. The first-order valence-electron chi connectivity index (χ1n) is 7.87. The van der Waals surface area contributed by atoms with Crippen LogP contribution in [0.15, 0.2) is 4.99 Å². The number of nitrogens with one attached hydrogen (secondary N) is 1. The lowest BCUT2D eigenvalue weighted by atomic mass is 10.0. The maximum atomic E-state index is 5.78. The average Bonchev–Trinajstić information content (AvgIpc) is 2.43. The zero-order valence-corrected chi connectivity index (χ0v) is 15.8. The van der Waals surface area contributed by atoms with E-state index >= 15 is 0 Å². The SMILES string of the molecule is CC(C)CCNC(N)=NCCCOCC1CCOCC1.I. The molecular weight excluding hydrogens is 381 g/mol. The van der Waals surface area contributed by atoms with Gasteiger partial charge in [0.1, 0.15) is 0 Å². The highest BCUT2D eigenvalue weighted by Crippen LogP contribution is 2.14. The third kappa shape index (κ3) is 12.2. The van der Waals surface area contributed by atoms with Gasteiger partial charge in [0.15, 0.2) is 5.96 Å². The van der Waals surface area contributed by atoms with Crippen LogP contribution in [0.3, 0.4) is 0 Å². The maximum absolute atomic E-state index is 5.78. The van der Waals surface area contributed by atoms with Gasteiger partial charge in [-0.3, -0.25) is 4.99 Å². The van der Waals surface area contributed by atoms with Gasteiger partial charge in [0.2, 0.25) is 0 Å². The predicted octanol–water partition coefficient (Wildman–Crippen LogP) is 2.39.